The second-order valence-corrected chi connectivity index (χ2v) is 6.87. The third kappa shape index (κ3) is 3.78. The summed E-state index contributed by atoms with van der Waals surface area (Å²) in [4.78, 5) is 0.726. The molecule has 0 aliphatic heterocycles. The Kier molecular flexibility index (Phi) is 4.92. The van der Waals surface area contributed by atoms with Crippen LogP contribution in [0.15, 0.2) is 34.5 Å². The van der Waals surface area contributed by atoms with Gasteiger partial charge < -0.3 is 5.32 Å². The molecule has 0 unspecified atom stereocenters. The maximum absolute atomic E-state index is 13.5. The van der Waals surface area contributed by atoms with Crippen molar-refractivity contribution in [1.29, 1.82) is 0 Å². The van der Waals surface area contributed by atoms with Crippen molar-refractivity contribution in [3.63, 3.8) is 0 Å². The minimum atomic E-state index is -3.91. The lowest BCUT2D eigenvalue weighted by molar-refractivity contribution is 0.582. The molecule has 0 spiro atoms. The monoisotopic (exact) mass is 332 g/mol. The lowest BCUT2D eigenvalue weighted by atomic mass is 10.3. The Morgan fingerprint density at radius 1 is 1.24 bits per heavy atom. The fourth-order valence-corrected chi connectivity index (χ4v) is 4.19. The maximum atomic E-state index is 13.5. The molecule has 0 aliphatic carbocycles. The van der Waals surface area contributed by atoms with Gasteiger partial charge >= 0.3 is 0 Å². The number of nitrogens with one attached hydrogen (secondary N) is 2. The number of sulfonamides is 1. The predicted molar refractivity (Wildman–Crippen MR) is 78.9 cm³/mol. The molecule has 0 saturated heterocycles. The number of hydrogen-bond acceptors (Lipinski definition) is 4. The highest BCUT2D eigenvalue weighted by atomic mass is 32.2. The van der Waals surface area contributed by atoms with Crippen LogP contribution in [0.3, 0.4) is 0 Å². The molecule has 2 aromatic rings. The van der Waals surface area contributed by atoms with E-state index in [0.717, 1.165) is 12.1 Å². The molecule has 0 amide bonds. The zero-order valence-corrected chi connectivity index (χ0v) is 12.8. The lowest BCUT2D eigenvalue weighted by Gasteiger charge is -2.10. The lowest BCUT2D eigenvalue weighted by Crippen LogP contribution is -2.17. The first kappa shape index (κ1) is 15.9. The van der Waals surface area contributed by atoms with Crippen LogP contribution >= 0.6 is 11.3 Å². The minimum Gasteiger partial charge on any atom is -0.312 e. The zero-order chi connectivity index (χ0) is 15.5. The summed E-state index contributed by atoms with van der Waals surface area (Å²) in [5, 5.41) is 4.70. The average Bonchev–Trinajstić information content (AvgIpc) is 2.89. The Morgan fingerprint density at radius 3 is 2.67 bits per heavy atom. The van der Waals surface area contributed by atoms with Crippen LogP contribution in [0.1, 0.15) is 11.8 Å². The van der Waals surface area contributed by atoms with Crippen molar-refractivity contribution in [2.75, 3.05) is 11.3 Å². The molecule has 0 saturated carbocycles. The van der Waals surface area contributed by atoms with Crippen molar-refractivity contribution < 1.29 is 17.2 Å². The minimum absolute atomic E-state index is 0.0946. The first-order valence-corrected chi connectivity index (χ1v) is 8.55. The number of anilines is 1. The van der Waals surface area contributed by atoms with E-state index in [2.05, 4.69) is 10.0 Å². The molecule has 0 fully saturated rings. The van der Waals surface area contributed by atoms with Gasteiger partial charge in [-0.3, -0.25) is 4.72 Å². The Bertz CT molecular complexity index is 730. The molecule has 2 rings (SSSR count). The van der Waals surface area contributed by atoms with E-state index in [0.29, 0.717) is 24.0 Å². The highest BCUT2D eigenvalue weighted by molar-refractivity contribution is 7.93. The molecule has 1 aromatic carbocycles. The Morgan fingerprint density at radius 2 is 2.00 bits per heavy atom. The summed E-state index contributed by atoms with van der Waals surface area (Å²) in [6.07, 6.45) is 0. The van der Waals surface area contributed by atoms with E-state index >= 15 is 0 Å². The van der Waals surface area contributed by atoms with Gasteiger partial charge in [0.1, 0.15) is 16.5 Å². The van der Waals surface area contributed by atoms with Crippen molar-refractivity contribution in [3.05, 3.63) is 46.2 Å². The third-order valence-electron chi connectivity index (χ3n) is 2.71. The molecular weight excluding hydrogens is 318 g/mol. The van der Waals surface area contributed by atoms with Gasteiger partial charge in [-0.15, -0.1) is 11.3 Å². The van der Waals surface area contributed by atoms with E-state index < -0.39 is 21.7 Å². The van der Waals surface area contributed by atoms with Gasteiger partial charge in [-0.1, -0.05) is 6.92 Å². The molecule has 1 aromatic heterocycles. The summed E-state index contributed by atoms with van der Waals surface area (Å²) in [6.45, 7) is 3.03. The standard InChI is InChI=1S/C13H14F2N2O2S2/c1-2-16-8-12-13(5-6-20-12)21(18,19)17-11-4-3-9(14)7-10(11)15/h3-7,16-17H,2,8H2,1H3. The van der Waals surface area contributed by atoms with Crippen LogP contribution in [0.25, 0.3) is 0 Å². The van der Waals surface area contributed by atoms with Gasteiger partial charge in [0.05, 0.1) is 5.69 Å². The highest BCUT2D eigenvalue weighted by Crippen LogP contribution is 2.25. The van der Waals surface area contributed by atoms with Gasteiger partial charge in [0, 0.05) is 17.5 Å². The molecular formula is C13H14F2N2O2S2. The summed E-state index contributed by atoms with van der Waals surface area (Å²) >= 11 is 1.30. The van der Waals surface area contributed by atoms with E-state index in [4.69, 9.17) is 0 Å². The second-order valence-electron chi connectivity index (χ2n) is 4.22. The number of benzene rings is 1. The van der Waals surface area contributed by atoms with Crippen molar-refractivity contribution >= 4 is 27.0 Å². The van der Waals surface area contributed by atoms with Crippen LogP contribution in [0.4, 0.5) is 14.5 Å². The SMILES string of the molecule is CCNCc1sccc1S(=O)(=O)Nc1ccc(F)cc1F. The summed E-state index contributed by atoms with van der Waals surface area (Å²) in [5.41, 5.74) is -0.281. The largest absolute Gasteiger partial charge is 0.312 e. The van der Waals surface area contributed by atoms with Gasteiger partial charge in [-0.2, -0.15) is 0 Å². The van der Waals surface area contributed by atoms with E-state index in [-0.39, 0.29) is 10.6 Å². The quantitative estimate of drug-likeness (QED) is 0.855. The van der Waals surface area contributed by atoms with E-state index in [1.165, 1.54) is 17.4 Å². The molecule has 4 nitrogen and oxygen atoms in total. The van der Waals surface area contributed by atoms with Gasteiger partial charge in [0.15, 0.2) is 0 Å². The summed E-state index contributed by atoms with van der Waals surface area (Å²) in [5.74, 6) is -1.72. The molecule has 0 atom stereocenters. The average molecular weight is 332 g/mol. The molecule has 0 radical (unpaired) electrons. The van der Waals surface area contributed by atoms with Crippen molar-refractivity contribution in [2.24, 2.45) is 0 Å². The Balaban J connectivity index is 2.28. The normalized spacial score (nSPS) is 11.6. The number of hydrogen-bond donors (Lipinski definition) is 2. The van der Waals surface area contributed by atoms with Crippen LogP contribution in [0.2, 0.25) is 0 Å². The Hall–Kier alpha value is -1.51. The van der Waals surface area contributed by atoms with Gasteiger partial charge in [-0.25, -0.2) is 17.2 Å². The number of halogens is 2. The Labute approximate surface area is 125 Å². The molecule has 21 heavy (non-hydrogen) atoms. The van der Waals surface area contributed by atoms with E-state index in [1.54, 1.807) is 5.38 Å². The smallest absolute Gasteiger partial charge is 0.263 e. The molecule has 8 heteroatoms. The van der Waals surface area contributed by atoms with Crippen molar-refractivity contribution in [3.8, 4) is 0 Å². The zero-order valence-electron chi connectivity index (χ0n) is 11.2. The predicted octanol–water partition coefficient (Wildman–Crippen LogP) is 2.94. The van der Waals surface area contributed by atoms with E-state index in [9.17, 15) is 17.2 Å². The molecule has 2 N–H and O–H groups in total. The summed E-state index contributed by atoms with van der Waals surface area (Å²) in [7, 11) is -3.91. The van der Waals surface area contributed by atoms with Crippen LogP contribution in [-0.4, -0.2) is 15.0 Å². The fourth-order valence-electron chi connectivity index (χ4n) is 1.71. The summed E-state index contributed by atoms with van der Waals surface area (Å²) in [6, 6.07) is 4.14. The van der Waals surface area contributed by atoms with E-state index in [1.807, 2.05) is 6.92 Å². The highest BCUT2D eigenvalue weighted by Gasteiger charge is 2.21. The summed E-state index contributed by atoms with van der Waals surface area (Å²) < 4.78 is 53.1. The first-order valence-electron chi connectivity index (χ1n) is 6.19. The number of thiophene rings is 1. The molecule has 1 heterocycles. The second kappa shape index (κ2) is 6.50. The third-order valence-corrected chi connectivity index (χ3v) is 5.21. The van der Waals surface area contributed by atoms with Crippen LogP contribution in [-0.2, 0) is 16.6 Å². The van der Waals surface area contributed by atoms with Crippen molar-refractivity contribution in [2.45, 2.75) is 18.4 Å². The van der Waals surface area contributed by atoms with Crippen LogP contribution in [0.5, 0.6) is 0 Å². The number of rotatable bonds is 6. The molecule has 0 aliphatic rings. The fraction of sp³-hybridized carbons (Fsp3) is 0.231. The van der Waals surface area contributed by atoms with Crippen molar-refractivity contribution in [1.82, 2.24) is 5.32 Å². The van der Waals surface area contributed by atoms with Gasteiger partial charge in [-0.05, 0) is 30.1 Å². The molecule has 0 bridgehead atoms. The van der Waals surface area contributed by atoms with Gasteiger partial charge in [0.2, 0.25) is 0 Å². The van der Waals surface area contributed by atoms with Crippen LogP contribution < -0.4 is 10.0 Å². The first-order chi connectivity index (χ1) is 9.94. The molecule has 114 valence electrons. The topological polar surface area (TPSA) is 58.2 Å². The van der Waals surface area contributed by atoms with Gasteiger partial charge in [0.25, 0.3) is 10.0 Å². The maximum Gasteiger partial charge on any atom is 0.263 e. The van der Waals surface area contributed by atoms with Crippen LogP contribution in [0, 0.1) is 11.6 Å².